The lowest BCUT2D eigenvalue weighted by molar-refractivity contribution is -0.238. The first-order chi connectivity index (χ1) is 13.4. The summed E-state index contributed by atoms with van der Waals surface area (Å²) in [5, 5.41) is 20.3. The number of epoxide rings is 1. The highest BCUT2D eigenvalue weighted by Crippen LogP contribution is 2.52. The summed E-state index contributed by atoms with van der Waals surface area (Å²) in [6.07, 6.45) is 9.04. The summed E-state index contributed by atoms with van der Waals surface area (Å²) in [4.78, 5) is 4.60. The van der Waals surface area contributed by atoms with Gasteiger partial charge in [-0.3, -0.25) is 4.99 Å². The molecular weight excluding hydrogens is 358 g/mol. The number of nitrogens with zero attached hydrogens (tertiary/aromatic N) is 1. The van der Waals surface area contributed by atoms with Crippen LogP contribution < -0.4 is 0 Å². The van der Waals surface area contributed by atoms with Crippen LogP contribution in [0.25, 0.3) is 0 Å². The fraction of sp³-hybridized carbons (Fsp3) is 0.682. The quantitative estimate of drug-likeness (QED) is 0.682. The minimum absolute atomic E-state index is 0.242. The summed E-state index contributed by atoms with van der Waals surface area (Å²) >= 11 is 0. The summed E-state index contributed by atoms with van der Waals surface area (Å²) in [5.41, 5.74) is 2.84. The van der Waals surface area contributed by atoms with E-state index in [2.05, 4.69) is 23.2 Å². The largest absolute Gasteiger partial charge is 0.390 e. The van der Waals surface area contributed by atoms with Crippen molar-refractivity contribution in [3.63, 3.8) is 0 Å². The number of aliphatic hydroxyl groups excluding tert-OH is 2. The molecule has 1 aliphatic carbocycles. The molecule has 154 valence electrons. The van der Waals surface area contributed by atoms with E-state index in [0.29, 0.717) is 19.3 Å². The van der Waals surface area contributed by atoms with Crippen molar-refractivity contribution in [3.05, 3.63) is 35.5 Å². The summed E-state index contributed by atoms with van der Waals surface area (Å²) < 4.78 is 17.8. The van der Waals surface area contributed by atoms with Crippen molar-refractivity contribution in [1.82, 2.24) is 0 Å². The van der Waals surface area contributed by atoms with E-state index in [4.69, 9.17) is 14.2 Å². The molecule has 7 unspecified atom stereocenters. The van der Waals surface area contributed by atoms with Crippen molar-refractivity contribution in [2.24, 2.45) is 4.99 Å². The first-order valence-electron chi connectivity index (χ1n) is 10.4. The van der Waals surface area contributed by atoms with Gasteiger partial charge >= 0.3 is 0 Å². The van der Waals surface area contributed by atoms with Crippen LogP contribution in [-0.4, -0.2) is 64.9 Å². The highest BCUT2D eigenvalue weighted by molar-refractivity contribution is 6.11. The van der Waals surface area contributed by atoms with E-state index in [1.54, 1.807) is 0 Å². The van der Waals surface area contributed by atoms with Crippen LogP contribution >= 0.6 is 0 Å². The Morgan fingerprint density at radius 2 is 2.21 bits per heavy atom. The van der Waals surface area contributed by atoms with Gasteiger partial charge in [-0.25, -0.2) is 0 Å². The van der Waals surface area contributed by atoms with E-state index in [9.17, 15) is 10.2 Å². The maximum atomic E-state index is 10.5. The predicted molar refractivity (Wildman–Crippen MR) is 106 cm³/mol. The predicted octanol–water partition coefficient (Wildman–Crippen LogP) is 2.45. The minimum Gasteiger partial charge on any atom is -0.390 e. The van der Waals surface area contributed by atoms with E-state index in [1.807, 2.05) is 26.8 Å². The number of hydrogen-bond donors (Lipinski definition) is 2. The molecule has 2 saturated heterocycles. The van der Waals surface area contributed by atoms with Crippen molar-refractivity contribution >= 4 is 5.71 Å². The topological polar surface area (TPSA) is 83.8 Å². The Kier molecular flexibility index (Phi) is 5.60. The third-order valence-electron chi connectivity index (χ3n) is 6.15. The maximum Gasteiger partial charge on any atom is 0.161 e. The van der Waals surface area contributed by atoms with E-state index in [-0.39, 0.29) is 17.8 Å². The third-order valence-corrected chi connectivity index (χ3v) is 6.15. The number of hydrogen-bond acceptors (Lipinski definition) is 6. The van der Waals surface area contributed by atoms with Gasteiger partial charge in [-0.15, -0.1) is 0 Å². The Bertz CT molecular complexity index is 726. The molecule has 0 saturated carbocycles. The molecule has 6 heteroatoms. The second-order valence-electron chi connectivity index (χ2n) is 8.23. The highest BCUT2D eigenvalue weighted by Gasteiger charge is 2.64. The van der Waals surface area contributed by atoms with Crippen molar-refractivity contribution in [2.75, 3.05) is 6.54 Å². The van der Waals surface area contributed by atoms with Crippen LogP contribution in [0.5, 0.6) is 0 Å². The second-order valence-corrected chi connectivity index (χ2v) is 8.23. The Labute approximate surface area is 166 Å². The average Bonchev–Trinajstić information content (AvgIpc) is 3.34. The van der Waals surface area contributed by atoms with Crippen molar-refractivity contribution in [1.29, 1.82) is 0 Å². The molecule has 0 aromatic rings. The molecule has 3 heterocycles. The number of rotatable bonds is 6. The van der Waals surface area contributed by atoms with Gasteiger partial charge in [-0.1, -0.05) is 30.7 Å². The van der Waals surface area contributed by atoms with Crippen molar-refractivity contribution in [3.8, 4) is 0 Å². The molecule has 4 rings (SSSR count). The van der Waals surface area contributed by atoms with Gasteiger partial charge in [-0.05, 0) is 44.8 Å². The van der Waals surface area contributed by atoms with Gasteiger partial charge in [-0.2, -0.15) is 0 Å². The van der Waals surface area contributed by atoms with Crippen LogP contribution in [0, 0.1) is 0 Å². The lowest BCUT2D eigenvalue weighted by atomic mass is 9.91. The molecule has 0 bridgehead atoms. The Morgan fingerprint density at radius 3 is 2.96 bits per heavy atom. The van der Waals surface area contributed by atoms with Crippen molar-refractivity contribution in [2.45, 2.75) is 88.9 Å². The van der Waals surface area contributed by atoms with Gasteiger partial charge < -0.3 is 24.4 Å². The zero-order valence-corrected chi connectivity index (χ0v) is 16.9. The van der Waals surface area contributed by atoms with Crippen LogP contribution in [-0.2, 0) is 14.2 Å². The van der Waals surface area contributed by atoms with E-state index in [0.717, 1.165) is 29.8 Å². The van der Waals surface area contributed by atoms with E-state index in [1.165, 1.54) is 0 Å². The van der Waals surface area contributed by atoms with E-state index < -0.39 is 24.6 Å². The number of aliphatic imine (C=N–C) groups is 1. The van der Waals surface area contributed by atoms with Gasteiger partial charge in [0.1, 0.15) is 12.2 Å². The molecule has 2 fully saturated rings. The Balaban J connectivity index is 1.48. The van der Waals surface area contributed by atoms with Crippen LogP contribution in [0.3, 0.4) is 0 Å². The summed E-state index contributed by atoms with van der Waals surface area (Å²) in [7, 11) is 0. The molecule has 28 heavy (non-hydrogen) atoms. The Hall–Kier alpha value is -1.31. The smallest absolute Gasteiger partial charge is 0.161 e. The first-order valence-corrected chi connectivity index (χ1v) is 10.4. The van der Waals surface area contributed by atoms with Crippen LogP contribution in [0.2, 0.25) is 0 Å². The second kappa shape index (κ2) is 7.84. The monoisotopic (exact) mass is 389 g/mol. The van der Waals surface area contributed by atoms with E-state index >= 15 is 0 Å². The average molecular weight is 389 g/mol. The normalized spacial score (nSPS) is 40.7. The summed E-state index contributed by atoms with van der Waals surface area (Å²) in [6, 6.07) is 0. The van der Waals surface area contributed by atoms with Crippen LogP contribution in [0.4, 0.5) is 0 Å². The molecule has 3 aliphatic heterocycles. The zero-order chi connectivity index (χ0) is 19.9. The minimum atomic E-state index is -0.617. The molecule has 0 amide bonds. The van der Waals surface area contributed by atoms with Crippen molar-refractivity contribution < 1.29 is 24.4 Å². The van der Waals surface area contributed by atoms with Gasteiger partial charge in [0.2, 0.25) is 0 Å². The maximum absolute atomic E-state index is 10.5. The highest BCUT2D eigenvalue weighted by atomic mass is 16.7. The fourth-order valence-corrected chi connectivity index (χ4v) is 4.36. The first kappa shape index (κ1) is 20.0. The molecule has 2 N–H and O–H groups in total. The van der Waals surface area contributed by atoms with Gasteiger partial charge in [0.25, 0.3) is 0 Å². The lowest BCUT2D eigenvalue weighted by Gasteiger charge is -2.34. The van der Waals surface area contributed by atoms with Crippen LogP contribution in [0.15, 0.2) is 40.4 Å². The molecule has 6 nitrogen and oxygen atoms in total. The van der Waals surface area contributed by atoms with Gasteiger partial charge in [0, 0.05) is 13.0 Å². The molecule has 0 aromatic heterocycles. The lowest BCUT2D eigenvalue weighted by Crippen LogP contribution is -2.41. The molecular formula is C22H31NO5. The number of allylic oxidation sites excluding steroid dienone is 2. The third kappa shape index (κ3) is 3.64. The standard InChI is InChI=1S/C22H31NO5/c1-4-16(24)18(27-21-8-6-17(25)14(3)26-21)12-13(2)11-15-5-7-19-22(15)20(28-22)9-10-23-19/h5,7,11-12,14,16-18,20-21,24-25H,4,6,8-10H2,1-3H3/b13-12?,15-11+. The molecule has 4 aliphatic rings. The Morgan fingerprint density at radius 1 is 1.39 bits per heavy atom. The summed E-state index contributed by atoms with van der Waals surface area (Å²) in [6.45, 7) is 6.63. The SMILES string of the molecule is CCC(O)C(C=C(C)/C=C1\C=CC2=NCCC3OC213)OC1CCC(O)C(C)O1. The number of aliphatic hydroxyl groups is 2. The van der Waals surface area contributed by atoms with Crippen LogP contribution in [0.1, 0.15) is 46.5 Å². The molecule has 0 radical (unpaired) electrons. The molecule has 7 atom stereocenters. The van der Waals surface area contributed by atoms with Gasteiger partial charge in [0.05, 0.1) is 24.0 Å². The molecule has 0 aromatic carbocycles. The number of ether oxygens (including phenoxy) is 3. The van der Waals surface area contributed by atoms with Gasteiger partial charge in [0.15, 0.2) is 11.9 Å². The fourth-order valence-electron chi connectivity index (χ4n) is 4.36. The molecule has 1 spiro atoms. The summed E-state index contributed by atoms with van der Waals surface area (Å²) in [5.74, 6) is 0. The zero-order valence-electron chi connectivity index (χ0n) is 16.9.